The number of Topliss-reactive ketones (excluding diaryl/α,β-unsaturated/α-hetero) is 1. The molecule has 1 aromatic rings. The van der Waals surface area contributed by atoms with E-state index in [2.05, 4.69) is 0 Å². The Morgan fingerprint density at radius 2 is 1.94 bits per heavy atom. The lowest BCUT2D eigenvalue weighted by atomic mass is 10.1. The van der Waals surface area contributed by atoms with Gasteiger partial charge in [-0.05, 0) is 34.7 Å². The van der Waals surface area contributed by atoms with E-state index in [1.807, 2.05) is 0 Å². The largest absolute Gasteiger partial charge is 0.416 e. The summed E-state index contributed by atoms with van der Waals surface area (Å²) in [4.78, 5) is 11.3. The highest BCUT2D eigenvalue weighted by Gasteiger charge is 2.32. The van der Waals surface area contributed by atoms with E-state index in [0.29, 0.717) is 0 Å². The Morgan fingerprint density at radius 1 is 1.38 bits per heavy atom. The van der Waals surface area contributed by atoms with E-state index in [-0.39, 0.29) is 20.0 Å². The summed E-state index contributed by atoms with van der Waals surface area (Å²) in [5.41, 5.74) is -1.05. The van der Waals surface area contributed by atoms with Gasteiger partial charge in [0.2, 0.25) is 0 Å². The number of carbonyl (C=O) groups is 1. The number of benzene rings is 1. The maximum Gasteiger partial charge on any atom is 0.416 e. The predicted molar refractivity (Wildman–Crippen MR) is 64.2 cm³/mol. The molecule has 0 aromatic heterocycles. The van der Waals surface area contributed by atoms with Gasteiger partial charge in [-0.1, -0.05) is 11.6 Å². The zero-order valence-electron chi connectivity index (χ0n) is 7.54. The van der Waals surface area contributed by atoms with Crippen LogP contribution >= 0.6 is 45.8 Å². The minimum absolute atomic E-state index is 0.101. The maximum absolute atomic E-state index is 12.4. The van der Waals surface area contributed by atoms with Crippen LogP contribution < -0.4 is 0 Å². The fourth-order valence-electron chi connectivity index (χ4n) is 1.03. The van der Waals surface area contributed by atoms with Gasteiger partial charge >= 0.3 is 6.18 Å². The second-order valence-electron chi connectivity index (χ2n) is 2.87. The average Bonchev–Trinajstić information content (AvgIpc) is 2.19. The first-order chi connectivity index (χ1) is 7.27. The number of carbonyl (C=O) groups excluding carboxylic acids is 1. The van der Waals surface area contributed by atoms with E-state index in [0.717, 1.165) is 12.1 Å². The lowest BCUT2D eigenvalue weighted by Crippen LogP contribution is -2.10. The summed E-state index contributed by atoms with van der Waals surface area (Å²) in [6.45, 7) is 0. The lowest BCUT2D eigenvalue weighted by Gasteiger charge is -2.10. The van der Waals surface area contributed by atoms with Crippen LogP contribution in [0.1, 0.15) is 15.9 Å². The van der Waals surface area contributed by atoms with Crippen LogP contribution in [0.2, 0.25) is 5.02 Å². The zero-order chi connectivity index (χ0) is 12.5. The van der Waals surface area contributed by atoms with Crippen LogP contribution in [0.25, 0.3) is 0 Å². The fraction of sp³-hybridized carbons (Fsp3) is 0.222. The summed E-state index contributed by atoms with van der Waals surface area (Å²) in [7, 11) is 0. The molecule has 1 aromatic carbocycles. The zero-order valence-corrected chi connectivity index (χ0v) is 11.2. The molecule has 0 fully saturated rings. The van der Waals surface area contributed by atoms with Crippen LogP contribution in [0.4, 0.5) is 13.2 Å². The van der Waals surface area contributed by atoms with Crippen molar-refractivity contribution in [1.82, 2.24) is 0 Å². The monoisotopic (exact) mass is 382 g/mol. The number of alkyl halides is 4. The van der Waals surface area contributed by atoms with Crippen molar-refractivity contribution in [2.45, 2.75) is 6.18 Å². The highest BCUT2D eigenvalue weighted by molar-refractivity contribution is 14.1. The topological polar surface area (TPSA) is 17.1 Å². The fourth-order valence-corrected chi connectivity index (χ4v) is 2.00. The highest BCUT2D eigenvalue weighted by Crippen LogP contribution is 2.34. The van der Waals surface area contributed by atoms with Gasteiger partial charge in [-0.25, -0.2) is 0 Å². The molecule has 88 valence electrons. The van der Waals surface area contributed by atoms with Crippen LogP contribution in [0, 0.1) is 3.57 Å². The first kappa shape index (κ1) is 14.1. The quantitative estimate of drug-likeness (QED) is 0.421. The molecule has 0 unspecified atom stereocenters. The second-order valence-corrected chi connectivity index (χ2v) is 4.63. The molecular weight excluding hydrogens is 379 g/mol. The van der Waals surface area contributed by atoms with Crippen molar-refractivity contribution >= 4 is 51.6 Å². The van der Waals surface area contributed by atoms with Gasteiger partial charge in [-0.3, -0.25) is 4.79 Å². The number of ketones is 1. The van der Waals surface area contributed by atoms with E-state index >= 15 is 0 Å². The standard InChI is InChI=1S/C9H4Cl2F3IO/c10-3-7(16)5-1-4(9(12,13)14)2-6(11)8(5)15/h1-2H,3H2. The minimum atomic E-state index is -4.53. The Morgan fingerprint density at radius 3 is 2.38 bits per heavy atom. The van der Waals surface area contributed by atoms with E-state index in [4.69, 9.17) is 23.2 Å². The molecule has 0 saturated heterocycles. The molecule has 0 aliphatic rings. The van der Waals surface area contributed by atoms with E-state index in [9.17, 15) is 18.0 Å². The molecule has 0 heterocycles. The smallest absolute Gasteiger partial charge is 0.293 e. The maximum atomic E-state index is 12.4. The Labute approximate surface area is 113 Å². The lowest BCUT2D eigenvalue weighted by molar-refractivity contribution is -0.137. The van der Waals surface area contributed by atoms with Gasteiger partial charge < -0.3 is 0 Å². The molecule has 0 spiro atoms. The van der Waals surface area contributed by atoms with Crippen molar-refractivity contribution in [3.8, 4) is 0 Å². The summed E-state index contributed by atoms with van der Waals surface area (Å²) in [6, 6.07) is 1.55. The molecule has 0 N–H and O–H groups in total. The van der Waals surface area contributed by atoms with E-state index in [1.54, 1.807) is 22.6 Å². The molecule has 0 bridgehead atoms. The molecule has 1 rings (SSSR count). The third-order valence-electron chi connectivity index (χ3n) is 1.78. The normalized spacial score (nSPS) is 11.6. The van der Waals surface area contributed by atoms with Crippen LogP contribution in [-0.2, 0) is 6.18 Å². The van der Waals surface area contributed by atoms with Gasteiger partial charge in [0.15, 0.2) is 5.78 Å². The Bertz CT molecular complexity index is 431. The molecule has 0 aliphatic heterocycles. The molecule has 0 saturated carbocycles. The van der Waals surface area contributed by atoms with Gasteiger partial charge in [0.25, 0.3) is 0 Å². The van der Waals surface area contributed by atoms with Gasteiger partial charge in [0, 0.05) is 9.13 Å². The van der Waals surface area contributed by atoms with Crippen molar-refractivity contribution in [3.05, 3.63) is 31.9 Å². The Kier molecular flexibility index (Phi) is 4.48. The van der Waals surface area contributed by atoms with E-state index < -0.39 is 17.5 Å². The van der Waals surface area contributed by atoms with Crippen molar-refractivity contribution < 1.29 is 18.0 Å². The summed E-state index contributed by atoms with van der Waals surface area (Å²) in [5, 5.41) is -0.108. The highest BCUT2D eigenvalue weighted by atomic mass is 127. The molecule has 1 nitrogen and oxygen atoms in total. The predicted octanol–water partition coefficient (Wildman–Crippen LogP) is 4.38. The summed E-state index contributed by atoms with van der Waals surface area (Å²) in [6.07, 6.45) is -4.53. The third-order valence-corrected chi connectivity index (χ3v) is 3.80. The van der Waals surface area contributed by atoms with Gasteiger partial charge in [0.1, 0.15) is 0 Å². The molecular formula is C9H4Cl2F3IO. The van der Waals surface area contributed by atoms with Crippen molar-refractivity contribution in [1.29, 1.82) is 0 Å². The molecule has 0 amide bonds. The van der Waals surface area contributed by atoms with Gasteiger partial charge in [0.05, 0.1) is 16.5 Å². The molecule has 0 atom stereocenters. The second kappa shape index (κ2) is 5.10. The van der Waals surface area contributed by atoms with Crippen LogP contribution in [0.15, 0.2) is 12.1 Å². The van der Waals surface area contributed by atoms with Crippen molar-refractivity contribution in [2.24, 2.45) is 0 Å². The number of halogens is 6. The summed E-state index contributed by atoms with van der Waals surface area (Å²) < 4.78 is 37.6. The summed E-state index contributed by atoms with van der Waals surface area (Å²) in [5.74, 6) is -0.966. The number of hydrogen-bond donors (Lipinski definition) is 0. The molecule has 0 aliphatic carbocycles. The van der Waals surface area contributed by atoms with Gasteiger partial charge in [-0.2, -0.15) is 13.2 Å². The average molecular weight is 383 g/mol. The van der Waals surface area contributed by atoms with Crippen LogP contribution in [0.3, 0.4) is 0 Å². The molecule has 7 heteroatoms. The van der Waals surface area contributed by atoms with Gasteiger partial charge in [-0.15, -0.1) is 11.6 Å². The number of rotatable bonds is 2. The first-order valence-corrected chi connectivity index (χ1v) is 5.92. The van der Waals surface area contributed by atoms with Crippen LogP contribution in [0.5, 0.6) is 0 Å². The Balaban J connectivity index is 3.39. The van der Waals surface area contributed by atoms with E-state index in [1.165, 1.54) is 0 Å². The first-order valence-electron chi connectivity index (χ1n) is 3.92. The summed E-state index contributed by atoms with van der Waals surface area (Å²) >= 11 is 12.6. The third kappa shape index (κ3) is 3.01. The van der Waals surface area contributed by atoms with Crippen molar-refractivity contribution in [2.75, 3.05) is 5.88 Å². The minimum Gasteiger partial charge on any atom is -0.293 e. The number of hydrogen-bond acceptors (Lipinski definition) is 1. The Hall–Kier alpha value is -0.0100. The van der Waals surface area contributed by atoms with Crippen molar-refractivity contribution in [3.63, 3.8) is 0 Å². The SMILES string of the molecule is O=C(CCl)c1cc(C(F)(F)F)cc(Cl)c1I. The van der Waals surface area contributed by atoms with Crippen LogP contribution in [-0.4, -0.2) is 11.7 Å². The molecule has 16 heavy (non-hydrogen) atoms. The molecule has 0 radical (unpaired) electrons.